The van der Waals surface area contributed by atoms with Gasteiger partial charge < -0.3 is 29.3 Å². The topological polar surface area (TPSA) is 83.6 Å². The second kappa shape index (κ2) is 9.79. The van der Waals surface area contributed by atoms with Crippen molar-refractivity contribution in [2.45, 2.75) is 13.0 Å². The number of thiocarbonyl (C=S) groups is 1. The maximum absolute atomic E-state index is 14.8. The quantitative estimate of drug-likeness (QED) is 0.696. The molecule has 30 heavy (non-hydrogen) atoms. The molecule has 1 atom stereocenters. The second-order valence-electron chi connectivity index (χ2n) is 6.80. The van der Waals surface area contributed by atoms with Gasteiger partial charge in [0.25, 0.3) is 5.17 Å². The highest BCUT2D eigenvalue weighted by molar-refractivity contribution is 7.80. The Morgan fingerprint density at radius 3 is 2.70 bits per heavy atom. The van der Waals surface area contributed by atoms with Gasteiger partial charge in [-0.3, -0.25) is 4.90 Å². The molecule has 1 unspecified atom stereocenters. The number of carbonyl (C=O) groups excluding carboxylic acids is 2. The average Bonchev–Trinajstić information content (AvgIpc) is 3.12. The van der Waals surface area contributed by atoms with Gasteiger partial charge in [-0.1, -0.05) is 0 Å². The molecule has 0 spiro atoms. The molecule has 164 valence electrons. The number of carbonyl (C=O) groups is 2. The average molecular weight is 440 g/mol. The molecular weight excluding hydrogens is 415 g/mol. The number of hydrogen-bond donors (Lipinski definition) is 1. The van der Waals surface area contributed by atoms with Crippen LogP contribution in [0.3, 0.4) is 0 Å². The fraction of sp³-hybridized carbons (Fsp3) is 0.526. The van der Waals surface area contributed by atoms with Gasteiger partial charge in [-0.25, -0.2) is 14.0 Å². The first-order valence-electron chi connectivity index (χ1n) is 9.69. The monoisotopic (exact) mass is 440 g/mol. The normalized spacial score (nSPS) is 18.8. The number of hydrogen-bond acceptors (Lipinski definition) is 7. The summed E-state index contributed by atoms with van der Waals surface area (Å²) >= 11 is 4.99. The lowest BCUT2D eigenvalue weighted by Crippen LogP contribution is -2.49. The van der Waals surface area contributed by atoms with Crippen LogP contribution < -0.4 is 15.1 Å². The summed E-state index contributed by atoms with van der Waals surface area (Å²) in [6.45, 7) is 4.74. The fourth-order valence-corrected chi connectivity index (χ4v) is 3.60. The predicted octanol–water partition coefficient (Wildman–Crippen LogP) is 1.95. The molecule has 3 rings (SSSR count). The molecule has 11 heteroatoms. The van der Waals surface area contributed by atoms with Crippen LogP contribution in [0.2, 0.25) is 0 Å². The third-order valence-corrected chi connectivity index (χ3v) is 5.18. The van der Waals surface area contributed by atoms with Crippen LogP contribution in [0.15, 0.2) is 18.2 Å². The van der Waals surface area contributed by atoms with E-state index in [4.69, 9.17) is 26.4 Å². The summed E-state index contributed by atoms with van der Waals surface area (Å²) in [6.07, 6.45) is -1.35. The summed E-state index contributed by atoms with van der Waals surface area (Å²) in [6, 6.07) is 4.65. The van der Waals surface area contributed by atoms with Crippen molar-refractivity contribution in [2.75, 3.05) is 62.8 Å². The SMILES string of the molecule is CCOC(=S)NCC1CN(c2ccc(N3CCN(C(=O)OC)CC3)c(F)c2)C(=O)O1. The van der Waals surface area contributed by atoms with E-state index < -0.39 is 18.0 Å². The number of anilines is 2. The molecule has 2 amide bonds. The van der Waals surface area contributed by atoms with Crippen LogP contribution in [0.25, 0.3) is 0 Å². The van der Waals surface area contributed by atoms with Crippen molar-refractivity contribution in [3.8, 4) is 0 Å². The van der Waals surface area contributed by atoms with Gasteiger partial charge >= 0.3 is 12.2 Å². The van der Waals surface area contributed by atoms with Gasteiger partial charge in [-0.05, 0) is 37.3 Å². The largest absolute Gasteiger partial charge is 0.471 e. The molecule has 0 aliphatic carbocycles. The van der Waals surface area contributed by atoms with Crippen LogP contribution in [0.1, 0.15) is 6.92 Å². The van der Waals surface area contributed by atoms with Crippen LogP contribution in [0.4, 0.5) is 25.4 Å². The third kappa shape index (κ3) is 5.02. The van der Waals surface area contributed by atoms with Crippen LogP contribution in [0, 0.1) is 5.82 Å². The minimum absolute atomic E-state index is 0.245. The highest BCUT2D eigenvalue weighted by Gasteiger charge is 2.33. The summed E-state index contributed by atoms with van der Waals surface area (Å²) in [7, 11) is 1.34. The van der Waals surface area contributed by atoms with E-state index in [1.165, 1.54) is 18.1 Å². The molecule has 2 heterocycles. The number of benzene rings is 1. The lowest BCUT2D eigenvalue weighted by atomic mass is 10.2. The second-order valence-corrected chi connectivity index (χ2v) is 7.17. The molecule has 1 aromatic rings. The van der Waals surface area contributed by atoms with E-state index >= 15 is 0 Å². The van der Waals surface area contributed by atoms with Crippen LogP contribution >= 0.6 is 12.2 Å². The minimum atomic E-state index is -0.539. The molecule has 2 fully saturated rings. The molecule has 2 aliphatic rings. The van der Waals surface area contributed by atoms with E-state index in [1.54, 1.807) is 17.0 Å². The Balaban J connectivity index is 1.59. The zero-order chi connectivity index (χ0) is 21.7. The van der Waals surface area contributed by atoms with Gasteiger partial charge in [0.2, 0.25) is 0 Å². The zero-order valence-corrected chi connectivity index (χ0v) is 17.7. The first kappa shape index (κ1) is 21.9. The van der Waals surface area contributed by atoms with Gasteiger partial charge in [0.15, 0.2) is 0 Å². The summed E-state index contributed by atoms with van der Waals surface area (Å²) in [5.41, 5.74) is 0.848. The molecule has 0 bridgehead atoms. The van der Waals surface area contributed by atoms with E-state index in [9.17, 15) is 14.0 Å². The highest BCUT2D eigenvalue weighted by Crippen LogP contribution is 2.28. The maximum Gasteiger partial charge on any atom is 0.414 e. The minimum Gasteiger partial charge on any atom is -0.471 e. The first-order chi connectivity index (χ1) is 14.4. The van der Waals surface area contributed by atoms with E-state index in [0.717, 1.165) is 0 Å². The molecule has 0 aromatic heterocycles. The van der Waals surface area contributed by atoms with E-state index in [2.05, 4.69) is 5.32 Å². The van der Waals surface area contributed by atoms with Crippen molar-refractivity contribution in [1.29, 1.82) is 0 Å². The first-order valence-corrected chi connectivity index (χ1v) is 10.1. The van der Waals surface area contributed by atoms with Crippen LogP contribution in [0.5, 0.6) is 0 Å². The van der Waals surface area contributed by atoms with Crippen molar-refractivity contribution >= 4 is 41.0 Å². The number of piperazine rings is 1. The van der Waals surface area contributed by atoms with Crippen molar-refractivity contribution in [3.05, 3.63) is 24.0 Å². The molecule has 0 radical (unpaired) electrons. The van der Waals surface area contributed by atoms with Gasteiger partial charge in [0.1, 0.15) is 11.9 Å². The van der Waals surface area contributed by atoms with E-state index in [-0.39, 0.29) is 17.8 Å². The fourth-order valence-electron chi connectivity index (χ4n) is 3.40. The summed E-state index contributed by atoms with van der Waals surface area (Å²) in [5.74, 6) is -0.439. The standard InChI is InChI=1S/C19H25FN4O5S/c1-3-28-17(30)21-11-14-12-24(19(26)29-14)13-4-5-16(15(20)10-13)22-6-8-23(9-7-22)18(25)27-2/h4-5,10,14H,3,6-9,11-12H2,1-2H3,(H,21,30). The Morgan fingerprint density at radius 1 is 1.33 bits per heavy atom. The molecule has 2 aliphatic heterocycles. The Morgan fingerprint density at radius 2 is 2.07 bits per heavy atom. The lowest BCUT2D eigenvalue weighted by molar-refractivity contribution is 0.121. The number of cyclic esters (lactones) is 1. The van der Waals surface area contributed by atoms with E-state index in [1.807, 2.05) is 11.8 Å². The van der Waals surface area contributed by atoms with Crippen LogP contribution in [-0.4, -0.2) is 81.4 Å². The molecule has 1 N–H and O–H groups in total. The number of nitrogens with one attached hydrogen (secondary N) is 1. The van der Waals surface area contributed by atoms with Gasteiger partial charge in [-0.15, -0.1) is 0 Å². The lowest BCUT2D eigenvalue weighted by Gasteiger charge is -2.35. The Hall–Kier alpha value is -2.82. The Kier molecular flexibility index (Phi) is 7.14. The number of rotatable bonds is 5. The summed E-state index contributed by atoms with van der Waals surface area (Å²) < 4.78 is 30.0. The summed E-state index contributed by atoms with van der Waals surface area (Å²) in [4.78, 5) is 28.6. The number of methoxy groups -OCH3 is 1. The third-order valence-electron chi connectivity index (χ3n) is 4.92. The van der Waals surface area contributed by atoms with Gasteiger partial charge in [0, 0.05) is 26.2 Å². The Bertz CT molecular complexity index is 803. The molecule has 1 aromatic carbocycles. The van der Waals surface area contributed by atoms with E-state index in [0.29, 0.717) is 50.7 Å². The molecule has 9 nitrogen and oxygen atoms in total. The van der Waals surface area contributed by atoms with Crippen molar-refractivity contribution < 1.29 is 28.2 Å². The zero-order valence-electron chi connectivity index (χ0n) is 16.9. The number of nitrogens with zero attached hydrogens (tertiary/aromatic N) is 3. The Labute approximate surface area is 179 Å². The van der Waals surface area contributed by atoms with Gasteiger partial charge in [0.05, 0.1) is 38.2 Å². The van der Waals surface area contributed by atoms with Gasteiger partial charge in [-0.2, -0.15) is 0 Å². The molecule has 2 saturated heterocycles. The summed E-state index contributed by atoms with van der Waals surface area (Å²) in [5, 5.41) is 3.13. The number of amides is 2. The highest BCUT2D eigenvalue weighted by atomic mass is 32.1. The van der Waals surface area contributed by atoms with Crippen molar-refractivity contribution in [3.63, 3.8) is 0 Å². The van der Waals surface area contributed by atoms with Crippen LogP contribution in [-0.2, 0) is 14.2 Å². The maximum atomic E-state index is 14.8. The predicted molar refractivity (Wildman–Crippen MR) is 112 cm³/mol. The molecule has 0 saturated carbocycles. The number of halogens is 1. The molecular formula is C19H25FN4O5S. The number of ether oxygens (including phenoxy) is 3. The van der Waals surface area contributed by atoms with Crippen molar-refractivity contribution in [2.24, 2.45) is 0 Å². The van der Waals surface area contributed by atoms with Crippen molar-refractivity contribution in [1.82, 2.24) is 10.2 Å². The smallest absolute Gasteiger partial charge is 0.414 e.